The maximum atomic E-state index is 12.4. The fourth-order valence-electron chi connectivity index (χ4n) is 3.09. The summed E-state index contributed by atoms with van der Waals surface area (Å²) in [5, 5.41) is 2.72. The van der Waals surface area contributed by atoms with Crippen molar-refractivity contribution in [3.8, 4) is 11.5 Å². The highest BCUT2D eigenvalue weighted by molar-refractivity contribution is 5.86. The average molecular weight is 422 g/mol. The number of amides is 2. The third-order valence-electron chi connectivity index (χ3n) is 4.52. The Morgan fingerprint density at radius 2 is 1.70 bits per heavy atom. The van der Waals surface area contributed by atoms with Gasteiger partial charge < -0.3 is 14.8 Å². The van der Waals surface area contributed by atoms with Gasteiger partial charge in [-0.2, -0.15) is 13.2 Å². The van der Waals surface area contributed by atoms with Gasteiger partial charge >= 0.3 is 12.3 Å². The number of likely N-dealkylation sites (tertiary alicyclic amines) is 1. The van der Waals surface area contributed by atoms with Crippen LogP contribution in [0.4, 0.5) is 18.0 Å². The van der Waals surface area contributed by atoms with Crippen LogP contribution >= 0.6 is 0 Å². The third-order valence-corrected chi connectivity index (χ3v) is 4.52. The van der Waals surface area contributed by atoms with Crippen molar-refractivity contribution in [3.05, 3.63) is 60.2 Å². The van der Waals surface area contributed by atoms with Crippen molar-refractivity contribution < 1.29 is 32.2 Å². The summed E-state index contributed by atoms with van der Waals surface area (Å²) in [6.45, 7) is -1.28. The second-order valence-corrected chi connectivity index (χ2v) is 6.80. The van der Waals surface area contributed by atoms with E-state index in [0.29, 0.717) is 24.3 Å². The summed E-state index contributed by atoms with van der Waals surface area (Å²) in [6.07, 6.45) is -4.85. The van der Waals surface area contributed by atoms with Crippen LogP contribution in [0, 0.1) is 0 Å². The molecule has 1 fully saturated rings. The van der Waals surface area contributed by atoms with Crippen LogP contribution in [0.3, 0.4) is 0 Å². The van der Waals surface area contributed by atoms with Crippen LogP contribution < -0.4 is 10.1 Å². The molecule has 0 bridgehead atoms. The molecule has 1 N–H and O–H groups in total. The molecule has 2 amide bonds. The fraction of sp³-hybridized carbons (Fsp3) is 0.333. The quantitative estimate of drug-likeness (QED) is 0.756. The SMILES string of the molecule is O=C(NCc1ccc(Oc2ccccc2)cc1)C1CCCN1C(=O)OCC(F)(F)F. The number of rotatable bonds is 6. The summed E-state index contributed by atoms with van der Waals surface area (Å²) in [7, 11) is 0. The average Bonchev–Trinajstić information content (AvgIpc) is 3.22. The van der Waals surface area contributed by atoms with Gasteiger partial charge in [-0.3, -0.25) is 9.69 Å². The Balaban J connectivity index is 1.50. The molecule has 2 aromatic carbocycles. The number of nitrogens with zero attached hydrogens (tertiary/aromatic N) is 1. The number of alkyl halides is 3. The maximum Gasteiger partial charge on any atom is 0.422 e. The van der Waals surface area contributed by atoms with Crippen molar-refractivity contribution in [3.63, 3.8) is 0 Å². The normalized spacial score (nSPS) is 16.2. The van der Waals surface area contributed by atoms with E-state index in [-0.39, 0.29) is 13.1 Å². The zero-order valence-corrected chi connectivity index (χ0v) is 16.0. The number of carbonyl (C=O) groups excluding carboxylic acids is 2. The summed E-state index contributed by atoms with van der Waals surface area (Å²) >= 11 is 0. The van der Waals surface area contributed by atoms with Crippen LogP contribution in [0.25, 0.3) is 0 Å². The van der Waals surface area contributed by atoms with Crippen molar-refractivity contribution in [2.75, 3.05) is 13.2 Å². The number of hydrogen-bond donors (Lipinski definition) is 1. The van der Waals surface area contributed by atoms with Gasteiger partial charge in [0.2, 0.25) is 5.91 Å². The Bertz CT molecular complexity index is 857. The standard InChI is InChI=1S/C21H21F3N2O4/c22-21(23,24)14-29-20(28)26-12-4-7-18(26)19(27)25-13-15-8-10-17(11-9-15)30-16-5-2-1-3-6-16/h1-3,5-6,8-11,18H,4,7,12-14H2,(H,25,27). The minimum Gasteiger partial charge on any atom is -0.457 e. The summed E-state index contributed by atoms with van der Waals surface area (Å²) in [5.74, 6) is 0.920. The summed E-state index contributed by atoms with van der Waals surface area (Å²) < 4.78 is 46.7. The lowest BCUT2D eigenvalue weighted by Crippen LogP contribution is -2.46. The minimum atomic E-state index is -4.61. The van der Waals surface area contributed by atoms with E-state index < -0.39 is 30.8 Å². The predicted octanol–water partition coefficient (Wildman–Crippen LogP) is 4.26. The van der Waals surface area contributed by atoms with Gasteiger partial charge in [-0.15, -0.1) is 0 Å². The Kier molecular flexibility index (Phi) is 6.81. The number of hydrogen-bond acceptors (Lipinski definition) is 4. The van der Waals surface area contributed by atoms with Crippen LogP contribution in [0.2, 0.25) is 0 Å². The van der Waals surface area contributed by atoms with E-state index in [4.69, 9.17) is 4.74 Å². The first-order valence-electron chi connectivity index (χ1n) is 9.41. The molecule has 1 heterocycles. The van der Waals surface area contributed by atoms with Gasteiger partial charge in [0, 0.05) is 13.1 Å². The Hall–Kier alpha value is -3.23. The molecule has 0 spiro atoms. The molecule has 0 saturated carbocycles. The number of carbonyl (C=O) groups is 2. The summed E-state index contributed by atoms with van der Waals surface area (Å²) in [4.78, 5) is 25.4. The smallest absolute Gasteiger partial charge is 0.422 e. The van der Waals surface area contributed by atoms with Gasteiger partial charge in [0.05, 0.1) is 0 Å². The molecule has 0 aliphatic carbocycles. The number of nitrogens with one attached hydrogen (secondary N) is 1. The molecule has 9 heteroatoms. The van der Waals surface area contributed by atoms with Crippen LogP contribution in [0.1, 0.15) is 18.4 Å². The Morgan fingerprint density at radius 1 is 1.03 bits per heavy atom. The van der Waals surface area contributed by atoms with E-state index in [2.05, 4.69) is 10.1 Å². The molecule has 2 aromatic rings. The van der Waals surface area contributed by atoms with Crippen LogP contribution in [0.15, 0.2) is 54.6 Å². The molecule has 0 aromatic heterocycles. The second-order valence-electron chi connectivity index (χ2n) is 6.80. The Morgan fingerprint density at radius 3 is 2.37 bits per heavy atom. The van der Waals surface area contributed by atoms with E-state index in [9.17, 15) is 22.8 Å². The number of benzene rings is 2. The molecule has 1 aliphatic heterocycles. The van der Waals surface area contributed by atoms with Gasteiger partial charge in [-0.25, -0.2) is 4.79 Å². The Labute approximate surface area is 171 Å². The summed E-state index contributed by atoms with van der Waals surface area (Å²) in [6, 6.07) is 15.6. The first kappa shape index (κ1) is 21.5. The third kappa shape index (κ3) is 6.13. The molecule has 1 aliphatic rings. The van der Waals surface area contributed by atoms with Crippen molar-refractivity contribution in [1.82, 2.24) is 10.2 Å². The monoisotopic (exact) mass is 422 g/mol. The molecule has 160 valence electrons. The molecule has 1 saturated heterocycles. The van der Waals surface area contributed by atoms with E-state index >= 15 is 0 Å². The number of para-hydroxylation sites is 1. The zero-order valence-electron chi connectivity index (χ0n) is 16.0. The van der Waals surface area contributed by atoms with Gasteiger partial charge in [-0.1, -0.05) is 30.3 Å². The van der Waals surface area contributed by atoms with E-state index in [1.165, 1.54) is 0 Å². The molecule has 0 radical (unpaired) electrons. The topological polar surface area (TPSA) is 67.9 Å². The molecule has 1 unspecified atom stereocenters. The molecule has 3 rings (SSSR count). The zero-order chi connectivity index (χ0) is 21.6. The van der Waals surface area contributed by atoms with Gasteiger partial charge in [0.1, 0.15) is 17.5 Å². The van der Waals surface area contributed by atoms with Crippen LogP contribution in [-0.2, 0) is 16.1 Å². The van der Waals surface area contributed by atoms with Crippen LogP contribution in [-0.4, -0.2) is 42.3 Å². The second kappa shape index (κ2) is 9.51. The van der Waals surface area contributed by atoms with Crippen molar-refractivity contribution in [1.29, 1.82) is 0 Å². The van der Waals surface area contributed by atoms with Gasteiger partial charge in [-0.05, 0) is 42.7 Å². The lowest BCUT2D eigenvalue weighted by atomic mass is 10.2. The van der Waals surface area contributed by atoms with E-state index in [1.807, 2.05) is 30.3 Å². The largest absolute Gasteiger partial charge is 0.457 e. The van der Waals surface area contributed by atoms with Crippen molar-refractivity contribution >= 4 is 12.0 Å². The van der Waals surface area contributed by atoms with Crippen molar-refractivity contribution in [2.45, 2.75) is 31.6 Å². The predicted molar refractivity (Wildman–Crippen MR) is 102 cm³/mol. The van der Waals surface area contributed by atoms with Crippen LogP contribution in [0.5, 0.6) is 11.5 Å². The molecular formula is C21H21F3N2O4. The number of ether oxygens (including phenoxy) is 2. The highest BCUT2D eigenvalue weighted by Gasteiger charge is 2.37. The minimum absolute atomic E-state index is 0.181. The number of halogens is 3. The highest BCUT2D eigenvalue weighted by Crippen LogP contribution is 2.22. The van der Waals surface area contributed by atoms with E-state index in [0.717, 1.165) is 10.5 Å². The molecule has 1 atom stereocenters. The lowest BCUT2D eigenvalue weighted by Gasteiger charge is -2.23. The lowest BCUT2D eigenvalue weighted by molar-refractivity contribution is -0.162. The molecular weight excluding hydrogens is 401 g/mol. The maximum absolute atomic E-state index is 12.4. The van der Waals surface area contributed by atoms with Crippen molar-refractivity contribution in [2.24, 2.45) is 0 Å². The molecule has 6 nitrogen and oxygen atoms in total. The summed E-state index contributed by atoms with van der Waals surface area (Å²) in [5.41, 5.74) is 0.813. The fourth-order valence-corrected chi connectivity index (χ4v) is 3.09. The highest BCUT2D eigenvalue weighted by atomic mass is 19.4. The van der Waals surface area contributed by atoms with Gasteiger partial charge in [0.25, 0.3) is 0 Å². The van der Waals surface area contributed by atoms with Gasteiger partial charge in [0.15, 0.2) is 6.61 Å². The first-order valence-corrected chi connectivity index (χ1v) is 9.41. The molecule has 30 heavy (non-hydrogen) atoms. The van der Waals surface area contributed by atoms with E-state index in [1.54, 1.807) is 24.3 Å². The first-order chi connectivity index (χ1) is 14.3.